The lowest BCUT2D eigenvalue weighted by Crippen LogP contribution is -2.33. The Kier molecular flexibility index (Phi) is 3.87. The molecule has 1 aromatic rings. The van der Waals surface area contributed by atoms with Crippen LogP contribution >= 0.6 is 11.6 Å². The molecule has 8 heteroatoms. The number of aliphatic carboxylic acids is 1. The number of rotatable bonds is 4. The second-order valence-corrected chi connectivity index (χ2v) is 4.56. The van der Waals surface area contributed by atoms with Crippen LogP contribution in [0.3, 0.4) is 0 Å². The second kappa shape index (κ2) is 5.41. The van der Waals surface area contributed by atoms with E-state index in [1.54, 1.807) is 0 Å². The smallest absolute Gasteiger partial charge is 0.311 e. The van der Waals surface area contributed by atoms with E-state index in [-0.39, 0.29) is 23.9 Å². The van der Waals surface area contributed by atoms with Crippen LogP contribution in [0.5, 0.6) is 0 Å². The molecule has 2 atom stereocenters. The average molecular weight is 287 g/mol. The molecule has 2 rings (SSSR count). The summed E-state index contributed by atoms with van der Waals surface area (Å²) in [6.07, 6.45) is 0. The van der Waals surface area contributed by atoms with Crippen LogP contribution in [0.25, 0.3) is 0 Å². The molecule has 0 amide bonds. The van der Waals surface area contributed by atoms with Crippen molar-refractivity contribution in [3.8, 4) is 0 Å². The topological polar surface area (TPSA) is 102 Å². The first-order chi connectivity index (χ1) is 8.99. The SMILES string of the molecule is O=C(O)C1COCC1Nc1ccc([N+](=O)[O-])cc1Cl. The molecule has 0 bridgehead atoms. The van der Waals surface area contributed by atoms with E-state index in [1.807, 2.05) is 0 Å². The number of anilines is 1. The van der Waals surface area contributed by atoms with E-state index in [0.717, 1.165) is 0 Å². The number of carboxylic acids is 1. The third-order valence-electron chi connectivity index (χ3n) is 2.90. The van der Waals surface area contributed by atoms with Crippen molar-refractivity contribution in [1.82, 2.24) is 0 Å². The standard InChI is InChI=1S/C11H11ClN2O5/c12-8-3-6(14(17)18)1-2-9(8)13-10-5-19-4-7(10)11(15)16/h1-3,7,10,13H,4-5H2,(H,15,16). The van der Waals surface area contributed by atoms with E-state index in [2.05, 4.69) is 5.32 Å². The number of nitro benzene ring substituents is 1. The molecule has 1 aliphatic heterocycles. The molecular formula is C11H11ClN2O5. The van der Waals surface area contributed by atoms with Crippen LogP contribution in [0.15, 0.2) is 18.2 Å². The highest BCUT2D eigenvalue weighted by Crippen LogP contribution is 2.29. The van der Waals surface area contributed by atoms with Gasteiger partial charge in [0.05, 0.1) is 34.9 Å². The van der Waals surface area contributed by atoms with Crippen molar-refractivity contribution in [3.63, 3.8) is 0 Å². The number of nitrogens with zero attached hydrogens (tertiary/aromatic N) is 1. The van der Waals surface area contributed by atoms with E-state index in [0.29, 0.717) is 5.69 Å². The van der Waals surface area contributed by atoms with E-state index in [9.17, 15) is 14.9 Å². The number of nitro groups is 1. The Labute approximate surface area is 113 Å². The Morgan fingerprint density at radius 2 is 2.26 bits per heavy atom. The quantitative estimate of drug-likeness (QED) is 0.646. The van der Waals surface area contributed by atoms with Crippen LogP contribution in [0.4, 0.5) is 11.4 Å². The fourth-order valence-corrected chi connectivity index (χ4v) is 2.10. The molecule has 1 fully saturated rings. The van der Waals surface area contributed by atoms with Crippen LogP contribution in [0, 0.1) is 16.0 Å². The van der Waals surface area contributed by atoms with Gasteiger partial charge in [-0.3, -0.25) is 14.9 Å². The van der Waals surface area contributed by atoms with Gasteiger partial charge in [-0.05, 0) is 6.07 Å². The lowest BCUT2D eigenvalue weighted by atomic mass is 10.0. The summed E-state index contributed by atoms with van der Waals surface area (Å²) in [6.45, 7) is 0.391. The number of hydrogen-bond donors (Lipinski definition) is 2. The monoisotopic (exact) mass is 286 g/mol. The lowest BCUT2D eigenvalue weighted by molar-refractivity contribution is -0.384. The minimum atomic E-state index is -0.951. The molecule has 0 aromatic heterocycles. The van der Waals surface area contributed by atoms with Crippen molar-refractivity contribution in [3.05, 3.63) is 33.3 Å². The Bertz CT molecular complexity index is 522. The highest BCUT2D eigenvalue weighted by Gasteiger charge is 2.34. The number of halogens is 1. The molecule has 0 radical (unpaired) electrons. The second-order valence-electron chi connectivity index (χ2n) is 4.15. The van der Waals surface area contributed by atoms with Gasteiger partial charge in [-0.15, -0.1) is 0 Å². The van der Waals surface area contributed by atoms with Crippen LogP contribution in [0.1, 0.15) is 0 Å². The zero-order chi connectivity index (χ0) is 14.0. The largest absolute Gasteiger partial charge is 0.481 e. The van der Waals surface area contributed by atoms with Crippen LogP contribution in [-0.4, -0.2) is 35.3 Å². The number of non-ortho nitro benzene ring substituents is 1. The molecule has 102 valence electrons. The van der Waals surface area contributed by atoms with Gasteiger partial charge in [-0.2, -0.15) is 0 Å². The van der Waals surface area contributed by atoms with Crippen LogP contribution in [0.2, 0.25) is 5.02 Å². The maximum Gasteiger partial charge on any atom is 0.311 e. The van der Waals surface area contributed by atoms with Crippen molar-refractivity contribution < 1.29 is 19.6 Å². The molecule has 19 heavy (non-hydrogen) atoms. The Hall–Kier alpha value is -1.86. The van der Waals surface area contributed by atoms with Gasteiger partial charge in [-0.25, -0.2) is 0 Å². The predicted molar refractivity (Wildman–Crippen MR) is 67.5 cm³/mol. The van der Waals surface area contributed by atoms with Crippen LogP contribution < -0.4 is 5.32 Å². The number of hydrogen-bond acceptors (Lipinski definition) is 5. The Morgan fingerprint density at radius 3 is 2.84 bits per heavy atom. The van der Waals surface area contributed by atoms with Crippen molar-refractivity contribution in [1.29, 1.82) is 0 Å². The van der Waals surface area contributed by atoms with Gasteiger partial charge in [-0.1, -0.05) is 11.6 Å². The number of benzene rings is 1. The summed E-state index contributed by atoms with van der Waals surface area (Å²) in [7, 11) is 0. The van der Waals surface area contributed by atoms with Gasteiger partial charge in [0.1, 0.15) is 5.92 Å². The third-order valence-corrected chi connectivity index (χ3v) is 3.21. The number of ether oxygens (including phenoxy) is 1. The van der Waals surface area contributed by atoms with Gasteiger partial charge < -0.3 is 15.2 Å². The predicted octanol–water partition coefficient (Wildman–Crippen LogP) is 1.76. The number of nitrogens with one attached hydrogen (secondary N) is 1. The molecule has 0 aliphatic carbocycles. The molecule has 0 saturated carbocycles. The lowest BCUT2D eigenvalue weighted by Gasteiger charge is -2.17. The molecule has 1 heterocycles. The Balaban J connectivity index is 2.15. The number of carboxylic acid groups (broad SMARTS) is 1. The van der Waals surface area contributed by atoms with Crippen molar-refractivity contribution >= 4 is 28.9 Å². The maximum atomic E-state index is 11.0. The fourth-order valence-electron chi connectivity index (χ4n) is 1.87. The zero-order valence-corrected chi connectivity index (χ0v) is 10.5. The summed E-state index contributed by atoms with van der Waals surface area (Å²) in [4.78, 5) is 21.0. The molecule has 2 N–H and O–H groups in total. The summed E-state index contributed by atoms with van der Waals surface area (Å²) in [6, 6.07) is 3.57. The normalized spacial score (nSPS) is 22.2. The van der Waals surface area contributed by atoms with Crippen molar-refractivity contribution in [2.45, 2.75) is 6.04 Å². The minimum absolute atomic E-state index is 0.118. The van der Waals surface area contributed by atoms with E-state index >= 15 is 0 Å². The van der Waals surface area contributed by atoms with Gasteiger partial charge >= 0.3 is 5.97 Å². The average Bonchev–Trinajstić information content (AvgIpc) is 2.79. The molecule has 2 unspecified atom stereocenters. The summed E-state index contributed by atoms with van der Waals surface area (Å²) in [5.41, 5.74) is 0.335. The summed E-state index contributed by atoms with van der Waals surface area (Å²) in [5, 5.41) is 22.7. The molecule has 0 spiro atoms. The summed E-state index contributed by atoms with van der Waals surface area (Å²) >= 11 is 5.92. The van der Waals surface area contributed by atoms with E-state index < -0.39 is 22.9 Å². The van der Waals surface area contributed by atoms with Gasteiger partial charge in [0, 0.05) is 12.1 Å². The van der Waals surface area contributed by atoms with Crippen molar-refractivity contribution in [2.24, 2.45) is 5.92 Å². The van der Waals surface area contributed by atoms with Crippen LogP contribution in [-0.2, 0) is 9.53 Å². The highest BCUT2D eigenvalue weighted by molar-refractivity contribution is 6.33. The molecule has 1 saturated heterocycles. The van der Waals surface area contributed by atoms with Gasteiger partial charge in [0.25, 0.3) is 5.69 Å². The molecule has 1 aliphatic rings. The van der Waals surface area contributed by atoms with E-state index in [4.69, 9.17) is 21.4 Å². The first-order valence-electron chi connectivity index (χ1n) is 5.50. The first kappa shape index (κ1) is 13.6. The van der Waals surface area contributed by atoms with E-state index in [1.165, 1.54) is 18.2 Å². The maximum absolute atomic E-state index is 11.0. The molecule has 7 nitrogen and oxygen atoms in total. The van der Waals surface area contributed by atoms with Gasteiger partial charge in [0.2, 0.25) is 0 Å². The summed E-state index contributed by atoms with van der Waals surface area (Å²) < 4.78 is 5.11. The number of carbonyl (C=O) groups is 1. The van der Waals surface area contributed by atoms with Crippen molar-refractivity contribution in [2.75, 3.05) is 18.5 Å². The van der Waals surface area contributed by atoms with Gasteiger partial charge in [0.15, 0.2) is 0 Å². The molecular weight excluding hydrogens is 276 g/mol. The third kappa shape index (κ3) is 2.94. The zero-order valence-electron chi connectivity index (χ0n) is 9.71. The minimum Gasteiger partial charge on any atom is -0.481 e. The highest BCUT2D eigenvalue weighted by atomic mass is 35.5. The first-order valence-corrected chi connectivity index (χ1v) is 5.88. The summed E-state index contributed by atoms with van der Waals surface area (Å²) in [5.74, 6) is -1.61. The fraction of sp³-hybridized carbons (Fsp3) is 0.364. The Morgan fingerprint density at radius 1 is 1.53 bits per heavy atom. The molecule has 1 aromatic carbocycles.